The second-order valence-electron chi connectivity index (χ2n) is 4.41. The Kier molecular flexibility index (Phi) is 5.87. The van der Waals surface area contributed by atoms with Crippen LogP contribution in [0.5, 0.6) is 5.75 Å². The monoisotopic (exact) mass is 313 g/mol. The van der Waals surface area contributed by atoms with Gasteiger partial charge in [0.15, 0.2) is 6.61 Å². The first-order valence-electron chi connectivity index (χ1n) is 6.63. The number of hydrogen-bond acceptors (Lipinski definition) is 5. The molecule has 0 N–H and O–H groups in total. The molecule has 0 fully saturated rings. The maximum atomic E-state index is 11.7. The fraction of sp³-hybridized carbons (Fsp3) is 0.176. The summed E-state index contributed by atoms with van der Waals surface area (Å²) in [6, 6.07) is 16.6. The van der Waals surface area contributed by atoms with Crippen molar-refractivity contribution in [3.8, 4) is 11.8 Å². The molecule has 0 saturated carbocycles. The number of carbonyl (C=O) groups is 1. The molecule has 0 aliphatic rings. The highest BCUT2D eigenvalue weighted by Gasteiger charge is 2.07. The van der Waals surface area contributed by atoms with E-state index in [1.54, 1.807) is 36.0 Å². The number of carbonyl (C=O) groups excluding carboxylic acids is 1. The third-order valence-corrected chi connectivity index (χ3v) is 3.66. The molecule has 0 bridgehead atoms. The summed E-state index contributed by atoms with van der Waals surface area (Å²) < 4.78 is 10.5. The van der Waals surface area contributed by atoms with Gasteiger partial charge in [-0.2, -0.15) is 5.26 Å². The minimum atomic E-state index is -0.471. The number of esters is 1. The average Bonchev–Trinajstić information content (AvgIpc) is 2.58. The van der Waals surface area contributed by atoms with E-state index < -0.39 is 5.97 Å². The third-order valence-electron chi connectivity index (χ3n) is 2.91. The van der Waals surface area contributed by atoms with Gasteiger partial charge in [0.1, 0.15) is 18.4 Å². The van der Waals surface area contributed by atoms with Crippen LogP contribution in [0, 0.1) is 11.3 Å². The molecule has 0 atom stereocenters. The number of nitriles is 1. The van der Waals surface area contributed by atoms with E-state index in [0.717, 1.165) is 10.5 Å². The van der Waals surface area contributed by atoms with Gasteiger partial charge in [0.05, 0.1) is 5.56 Å². The van der Waals surface area contributed by atoms with E-state index in [1.165, 1.54) is 0 Å². The zero-order valence-electron chi connectivity index (χ0n) is 12.1. The number of rotatable bonds is 6. The molecule has 0 amide bonds. The highest BCUT2D eigenvalue weighted by Crippen LogP contribution is 2.17. The summed E-state index contributed by atoms with van der Waals surface area (Å²) in [4.78, 5) is 12.8. The van der Waals surface area contributed by atoms with Gasteiger partial charge in [-0.3, -0.25) is 0 Å². The SMILES string of the molecule is CSc1ccc(COC(=O)COc2ccccc2C#N)cc1. The molecule has 0 unspecified atom stereocenters. The van der Waals surface area contributed by atoms with Crippen LogP contribution < -0.4 is 4.74 Å². The summed E-state index contributed by atoms with van der Waals surface area (Å²) in [7, 11) is 0. The number of para-hydroxylation sites is 1. The van der Waals surface area contributed by atoms with Crippen molar-refractivity contribution in [1.82, 2.24) is 0 Å². The smallest absolute Gasteiger partial charge is 0.344 e. The Morgan fingerprint density at radius 3 is 2.59 bits per heavy atom. The van der Waals surface area contributed by atoms with Crippen LogP contribution in [0.25, 0.3) is 0 Å². The summed E-state index contributed by atoms with van der Waals surface area (Å²) in [6.07, 6.45) is 2.01. The van der Waals surface area contributed by atoms with Gasteiger partial charge in [-0.25, -0.2) is 4.79 Å². The summed E-state index contributed by atoms with van der Waals surface area (Å²) in [6.45, 7) is -0.0155. The summed E-state index contributed by atoms with van der Waals surface area (Å²) in [5.41, 5.74) is 1.31. The van der Waals surface area contributed by atoms with Gasteiger partial charge < -0.3 is 9.47 Å². The first-order valence-corrected chi connectivity index (χ1v) is 7.86. The summed E-state index contributed by atoms with van der Waals surface area (Å²) in [5.74, 6) is -0.0899. The molecular weight excluding hydrogens is 298 g/mol. The fourth-order valence-electron chi connectivity index (χ4n) is 1.75. The quantitative estimate of drug-likeness (QED) is 0.604. The number of hydrogen-bond donors (Lipinski definition) is 0. The Labute approximate surface area is 133 Å². The summed E-state index contributed by atoms with van der Waals surface area (Å²) in [5, 5.41) is 8.93. The van der Waals surface area contributed by atoms with Gasteiger partial charge >= 0.3 is 5.97 Å². The summed E-state index contributed by atoms with van der Waals surface area (Å²) >= 11 is 1.66. The third kappa shape index (κ3) is 4.54. The molecule has 0 aliphatic carbocycles. The predicted molar refractivity (Wildman–Crippen MR) is 84.7 cm³/mol. The minimum Gasteiger partial charge on any atom is -0.481 e. The van der Waals surface area contributed by atoms with Crippen molar-refractivity contribution >= 4 is 17.7 Å². The molecule has 112 valence electrons. The molecule has 0 heterocycles. The highest BCUT2D eigenvalue weighted by atomic mass is 32.2. The number of thioether (sulfide) groups is 1. The van der Waals surface area contributed by atoms with Crippen molar-refractivity contribution in [3.63, 3.8) is 0 Å². The van der Waals surface area contributed by atoms with Gasteiger partial charge in [-0.15, -0.1) is 11.8 Å². The van der Waals surface area contributed by atoms with Gasteiger partial charge in [-0.05, 0) is 36.1 Å². The first kappa shape index (κ1) is 15.9. The molecule has 5 heteroatoms. The Hall–Kier alpha value is -2.45. The van der Waals surface area contributed by atoms with Crippen molar-refractivity contribution in [3.05, 3.63) is 59.7 Å². The van der Waals surface area contributed by atoms with Crippen LogP contribution in [-0.2, 0) is 16.1 Å². The lowest BCUT2D eigenvalue weighted by Crippen LogP contribution is -2.15. The topological polar surface area (TPSA) is 59.3 Å². The first-order chi connectivity index (χ1) is 10.7. The molecule has 0 saturated heterocycles. The maximum Gasteiger partial charge on any atom is 0.344 e. The van der Waals surface area contributed by atoms with Crippen molar-refractivity contribution in [2.75, 3.05) is 12.9 Å². The maximum absolute atomic E-state index is 11.7. The molecule has 4 nitrogen and oxygen atoms in total. The highest BCUT2D eigenvalue weighted by molar-refractivity contribution is 7.98. The largest absolute Gasteiger partial charge is 0.481 e. The van der Waals surface area contributed by atoms with E-state index in [4.69, 9.17) is 14.7 Å². The number of ether oxygens (including phenoxy) is 2. The molecule has 2 aromatic rings. The van der Waals surface area contributed by atoms with Crippen LogP contribution in [-0.4, -0.2) is 18.8 Å². The van der Waals surface area contributed by atoms with Crippen molar-refractivity contribution in [2.45, 2.75) is 11.5 Å². The lowest BCUT2D eigenvalue weighted by atomic mass is 10.2. The molecule has 22 heavy (non-hydrogen) atoms. The van der Waals surface area contributed by atoms with Gasteiger partial charge in [0.25, 0.3) is 0 Å². The van der Waals surface area contributed by atoms with Crippen LogP contribution in [0.2, 0.25) is 0 Å². The minimum absolute atomic E-state index is 0.205. The average molecular weight is 313 g/mol. The van der Waals surface area contributed by atoms with Gasteiger partial charge in [-0.1, -0.05) is 24.3 Å². The van der Waals surface area contributed by atoms with E-state index >= 15 is 0 Å². The van der Waals surface area contributed by atoms with E-state index in [1.807, 2.05) is 36.6 Å². The van der Waals surface area contributed by atoms with Crippen LogP contribution in [0.4, 0.5) is 0 Å². The Morgan fingerprint density at radius 1 is 1.18 bits per heavy atom. The Bertz CT molecular complexity index is 677. The second-order valence-corrected chi connectivity index (χ2v) is 5.29. The lowest BCUT2D eigenvalue weighted by molar-refractivity contribution is -0.147. The predicted octanol–water partition coefficient (Wildman–Crippen LogP) is 3.40. The lowest BCUT2D eigenvalue weighted by Gasteiger charge is -2.08. The van der Waals surface area contributed by atoms with Gasteiger partial charge in [0.2, 0.25) is 0 Å². The van der Waals surface area contributed by atoms with Crippen LogP contribution in [0.1, 0.15) is 11.1 Å². The molecule has 0 aliphatic heterocycles. The van der Waals surface area contributed by atoms with Crippen molar-refractivity contribution < 1.29 is 14.3 Å². The zero-order valence-corrected chi connectivity index (χ0v) is 12.9. The normalized spacial score (nSPS) is 9.82. The van der Waals surface area contributed by atoms with E-state index in [2.05, 4.69) is 0 Å². The second kappa shape index (κ2) is 8.11. The van der Waals surface area contributed by atoms with Crippen molar-refractivity contribution in [2.24, 2.45) is 0 Å². The standard InChI is InChI=1S/C17H15NO3S/c1-22-15-8-6-13(7-9-15)11-21-17(19)12-20-16-5-3-2-4-14(16)10-18/h2-9H,11-12H2,1H3. The molecular formula is C17H15NO3S. The van der Waals surface area contributed by atoms with Crippen LogP contribution in [0.15, 0.2) is 53.4 Å². The number of benzene rings is 2. The van der Waals surface area contributed by atoms with Gasteiger partial charge in [0, 0.05) is 4.90 Å². The Morgan fingerprint density at radius 2 is 1.91 bits per heavy atom. The van der Waals surface area contributed by atoms with Crippen molar-refractivity contribution in [1.29, 1.82) is 5.26 Å². The molecule has 0 aromatic heterocycles. The zero-order chi connectivity index (χ0) is 15.8. The molecule has 0 spiro atoms. The van der Waals surface area contributed by atoms with Crippen LogP contribution >= 0.6 is 11.8 Å². The molecule has 2 aromatic carbocycles. The van der Waals surface area contributed by atoms with E-state index in [0.29, 0.717) is 11.3 Å². The fourth-order valence-corrected chi connectivity index (χ4v) is 2.16. The van der Waals surface area contributed by atoms with Crippen LogP contribution in [0.3, 0.4) is 0 Å². The number of nitrogens with zero attached hydrogens (tertiary/aromatic N) is 1. The Balaban J connectivity index is 1.81. The molecule has 2 rings (SSSR count). The molecule has 0 radical (unpaired) electrons. The van der Waals surface area contributed by atoms with E-state index in [9.17, 15) is 4.79 Å². The van der Waals surface area contributed by atoms with E-state index in [-0.39, 0.29) is 13.2 Å².